The van der Waals surface area contributed by atoms with Gasteiger partial charge in [0.05, 0.1) is 13.2 Å². The van der Waals surface area contributed by atoms with Crippen molar-refractivity contribution in [1.29, 1.82) is 0 Å². The van der Waals surface area contributed by atoms with Crippen LogP contribution in [0.1, 0.15) is 68.1 Å². The summed E-state index contributed by atoms with van der Waals surface area (Å²) < 4.78 is 9.41. The molecule has 0 radical (unpaired) electrons. The second kappa shape index (κ2) is 5.79. The normalized spacial score (nSPS) is 20.2. The predicted molar refractivity (Wildman–Crippen MR) is 102 cm³/mol. The first-order valence-electron chi connectivity index (χ1n) is 9.68. The number of nitrogens with one attached hydrogen (secondary N) is 1. The van der Waals surface area contributed by atoms with Gasteiger partial charge in [-0.1, -0.05) is 19.3 Å². The smallest absolute Gasteiger partial charge is 0.329 e. The molecule has 0 spiro atoms. The van der Waals surface area contributed by atoms with Gasteiger partial charge in [0.1, 0.15) is 5.75 Å². The maximum Gasteiger partial charge on any atom is 0.329 e. The molecule has 5 nitrogen and oxygen atoms in total. The molecule has 0 amide bonds. The molecule has 1 saturated carbocycles. The Morgan fingerprint density at radius 3 is 2.77 bits per heavy atom. The second-order valence-corrected chi connectivity index (χ2v) is 7.75. The fourth-order valence-corrected chi connectivity index (χ4v) is 4.92. The lowest BCUT2D eigenvalue weighted by molar-refractivity contribution is 0.342. The second-order valence-electron chi connectivity index (χ2n) is 7.75. The molecule has 136 valence electrons. The van der Waals surface area contributed by atoms with E-state index in [1.807, 2.05) is 15.2 Å². The van der Waals surface area contributed by atoms with Crippen molar-refractivity contribution >= 4 is 10.9 Å². The highest BCUT2D eigenvalue weighted by atomic mass is 16.5. The average molecular weight is 351 g/mol. The molecule has 1 aliphatic carbocycles. The van der Waals surface area contributed by atoms with Gasteiger partial charge in [0.15, 0.2) is 0 Å². The van der Waals surface area contributed by atoms with Crippen molar-refractivity contribution in [2.24, 2.45) is 0 Å². The standard InChI is InChI=1S/C21H25N3O2/c1-13-20-18(17-11-16(26-2)8-9-19(17)22-20)10-15-12-23(21(25)24(13)15)14-6-4-3-5-7-14/h8-9,11-14,22H,3-7,10H2,1-2H3. The van der Waals surface area contributed by atoms with Crippen molar-refractivity contribution in [3.8, 4) is 5.75 Å². The Bertz CT molecular complexity index is 1030. The van der Waals surface area contributed by atoms with Gasteiger partial charge in [-0.05, 0) is 43.5 Å². The molecule has 1 aliphatic heterocycles. The number of aromatic amines is 1. The molecule has 1 aromatic carbocycles. The van der Waals surface area contributed by atoms with Crippen LogP contribution in [-0.2, 0) is 6.42 Å². The number of nitrogens with zero attached hydrogens (tertiary/aromatic N) is 2. The number of ether oxygens (including phenoxy) is 1. The van der Waals surface area contributed by atoms with Gasteiger partial charge < -0.3 is 9.72 Å². The van der Waals surface area contributed by atoms with Crippen LogP contribution in [0.25, 0.3) is 10.9 Å². The van der Waals surface area contributed by atoms with E-state index in [9.17, 15) is 4.79 Å². The van der Waals surface area contributed by atoms with Crippen LogP contribution in [0.2, 0.25) is 0 Å². The Balaban J connectivity index is 1.62. The highest BCUT2D eigenvalue weighted by Crippen LogP contribution is 2.37. The molecule has 1 fully saturated rings. The van der Waals surface area contributed by atoms with Crippen molar-refractivity contribution in [3.05, 3.63) is 51.8 Å². The fraction of sp³-hybridized carbons (Fsp3) is 0.476. The summed E-state index contributed by atoms with van der Waals surface area (Å²) in [5.74, 6) is 0.870. The zero-order valence-corrected chi connectivity index (χ0v) is 15.4. The molecule has 3 heterocycles. The van der Waals surface area contributed by atoms with Crippen LogP contribution in [0.5, 0.6) is 5.75 Å². The molecule has 5 heteroatoms. The molecular weight excluding hydrogens is 326 g/mol. The van der Waals surface area contributed by atoms with Crippen molar-refractivity contribution in [1.82, 2.24) is 14.1 Å². The van der Waals surface area contributed by atoms with Gasteiger partial charge in [-0.3, -0.25) is 9.13 Å². The van der Waals surface area contributed by atoms with E-state index in [4.69, 9.17) is 4.74 Å². The third-order valence-electron chi connectivity index (χ3n) is 6.30. The minimum Gasteiger partial charge on any atom is -0.497 e. The molecule has 2 aliphatic rings. The van der Waals surface area contributed by atoms with Crippen LogP contribution in [0, 0.1) is 0 Å². The van der Waals surface area contributed by atoms with Crippen LogP contribution in [-0.4, -0.2) is 21.2 Å². The first-order chi connectivity index (χ1) is 12.7. The molecule has 5 rings (SSSR count). The number of hydrogen-bond acceptors (Lipinski definition) is 2. The summed E-state index contributed by atoms with van der Waals surface area (Å²) in [6, 6.07) is 6.55. The minimum atomic E-state index is 0.0319. The van der Waals surface area contributed by atoms with Crippen LogP contribution in [0.4, 0.5) is 0 Å². The van der Waals surface area contributed by atoms with E-state index in [1.54, 1.807) is 7.11 Å². The van der Waals surface area contributed by atoms with E-state index in [-0.39, 0.29) is 11.7 Å². The van der Waals surface area contributed by atoms with E-state index >= 15 is 0 Å². The third-order valence-corrected chi connectivity index (χ3v) is 6.30. The van der Waals surface area contributed by atoms with Gasteiger partial charge in [0.25, 0.3) is 0 Å². The van der Waals surface area contributed by atoms with Crippen LogP contribution in [0.3, 0.4) is 0 Å². The number of fused-ring (bicyclic) bond motifs is 4. The Hall–Kier alpha value is -2.43. The lowest BCUT2D eigenvalue weighted by Gasteiger charge is -2.23. The number of imidazole rings is 1. The maximum absolute atomic E-state index is 13.1. The van der Waals surface area contributed by atoms with Crippen molar-refractivity contribution in [2.45, 2.75) is 57.5 Å². The third kappa shape index (κ3) is 2.19. The molecule has 3 aromatic rings. The molecule has 0 saturated heterocycles. The zero-order chi connectivity index (χ0) is 17.8. The highest BCUT2D eigenvalue weighted by Gasteiger charge is 2.30. The Labute approximate surface area is 152 Å². The predicted octanol–water partition coefficient (Wildman–Crippen LogP) is 4.16. The molecular formula is C21H25N3O2. The monoisotopic (exact) mass is 351 g/mol. The molecule has 2 aromatic heterocycles. The summed E-state index contributed by atoms with van der Waals surface area (Å²) in [6.07, 6.45) is 8.94. The van der Waals surface area contributed by atoms with Crippen molar-refractivity contribution in [3.63, 3.8) is 0 Å². The Morgan fingerprint density at radius 1 is 1.19 bits per heavy atom. The quantitative estimate of drug-likeness (QED) is 0.754. The largest absolute Gasteiger partial charge is 0.497 e. The van der Waals surface area contributed by atoms with E-state index in [1.165, 1.54) is 30.2 Å². The van der Waals surface area contributed by atoms with Crippen LogP contribution in [0.15, 0.2) is 29.2 Å². The molecule has 0 bridgehead atoms. The Kier molecular flexibility index (Phi) is 3.52. The minimum absolute atomic E-state index is 0.0319. The summed E-state index contributed by atoms with van der Waals surface area (Å²) in [7, 11) is 1.70. The van der Waals surface area contributed by atoms with E-state index < -0.39 is 0 Å². The highest BCUT2D eigenvalue weighted by molar-refractivity contribution is 5.87. The summed E-state index contributed by atoms with van der Waals surface area (Å²) in [5, 5.41) is 1.20. The van der Waals surface area contributed by atoms with Gasteiger partial charge >= 0.3 is 5.69 Å². The topological polar surface area (TPSA) is 51.9 Å². The SMILES string of the molecule is COc1ccc2[nH]c3c(c2c1)Cc1cn(C2CCCCC2)c(=O)n1C3C. The molecule has 1 atom stereocenters. The van der Waals surface area contributed by atoms with Gasteiger partial charge in [-0.15, -0.1) is 0 Å². The van der Waals surface area contributed by atoms with Gasteiger partial charge in [0, 0.05) is 41.0 Å². The summed E-state index contributed by atoms with van der Waals surface area (Å²) in [4.78, 5) is 16.7. The van der Waals surface area contributed by atoms with Gasteiger partial charge in [-0.2, -0.15) is 0 Å². The van der Waals surface area contributed by atoms with Crippen LogP contribution >= 0.6 is 0 Å². The van der Waals surface area contributed by atoms with Crippen molar-refractivity contribution < 1.29 is 4.74 Å². The zero-order valence-electron chi connectivity index (χ0n) is 15.4. The maximum atomic E-state index is 13.1. The van der Waals surface area contributed by atoms with E-state index in [0.29, 0.717) is 6.04 Å². The average Bonchev–Trinajstić information content (AvgIpc) is 3.21. The molecule has 26 heavy (non-hydrogen) atoms. The lowest BCUT2D eigenvalue weighted by atomic mass is 9.95. The number of methoxy groups -OCH3 is 1. The number of benzene rings is 1. The number of aromatic nitrogens is 3. The van der Waals surface area contributed by atoms with Gasteiger partial charge in [-0.25, -0.2) is 4.79 Å². The fourth-order valence-electron chi connectivity index (χ4n) is 4.92. The number of rotatable bonds is 2. The summed E-state index contributed by atoms with van der Waals surface area (Å²) >= 11 is 0. The number of hydrogen-bond donors (Lipinski definition) is 1. The Morgan fingerprint density at radius 2 is 2.00 bits per heavy atom. The molecule has 1 unspecified atom stereocenters. The first kappa shape index (κ1) is 15.8. The summed E-state index contributed by atoms with van der Waals surface area (Å²) in [5.41, 5.74) is 4.85. The van der Waals surface area contributed by atoms with E-state index in [0.717, 1.165) is 41.9 Å². The van der Waals surface area contributed by atoms with Gasteiger partial charge in [0.2, 0.25) is 0 Å². The van der Waals surface area contributed by atoms with Crippen molar-refractivity contribution in [2.75, 3.05) is 7.11 Å². The molecule has 1 N–H and O–H groups in total. The number of H-pyrrole nitrogens is 1. The summed E-state index contributed by atoms with van der Waals surface area (Å²) in [6.45, 7) is 2.13. The van der Waals surface area contributed by atoms with E-state index in [2.05, 4.69) is 30.2 Å². The lowest BCUT2D eigenvalue weighted by Crippen LogP contribution is -2.32. The first-order valence-corrected chi connectivity index (χ1v) is 9.68. The van der Waals surface area contributed by atoms with Crippen LogP contribution < -0.4 is 10.4 Å².